The second-order valence-corrected chi connectivity index (χ2v) is 4.15. The number of halogens is 2. The summed E-state index contributed by atoms with van der Waals surface area (Å²) < 4.78 is 13.2. The van der Waals surface area contributed by atoms with Crippen molar-refractivity contribution in [3.05, 3.63) is 58.9 Å². The average Bonchev–Trinajstić information content (AvgIpc) is 2.33. The molecule has 4 heteroatoms. The molecule has 3 N–H and O–H groups in total. The number of hydrogen-bond donors (Lipinski definition) is 2. The molecule has 0 atom stereocenters. The van der Waals surface area contributed by atoms with E-state index >= 15 is 0 Å². The van der Waals surface area contributed by atoms with Gasteiger partial charge in [-0.3, -0.25) is 0 Å². The van der Waals surface area contributed by atoms with Gasteiger partial charge < -0.3 is 11.1 Å². The molecule has 0 saturated heterocycles. The van der Waals surface area contributed by atoms with Crippen molar-refractivity contribution in [2.45, 2.75) is 6.54 Å². The molecule has 2 nitrogen and oxygen atoms in total. The Balaban J connectivity index is 2.02. The van der Waals surface area contributed by atoms with E-state index in [0.29, 0.717) is 17.3 Å². The van der Waals surface area contributed by atoms with Gasteiger partial charge in [-0.2, -0.15) is 0 Å². The van der Waals surface area contributed by atoms with Gasteiger partial charge in [0, 0.05) is 17.3 Å². The minimum Gasteiger partial charge on any atom is -0.396 e. The first-order chi connectivity index (χ1) is 8.15. The zero-order valence-corrected chi connectivity index (χ0v) is 9.84. The second kappa shape index (κ2) is 5.06. The van der Waals surface area contributed by atoms with Crippen molar-refractivity contribution in [1.29, 1.82) is 0 Å². The Hall–Kier alpha value is -1.74. The fourth-order valence-corrected chi connectivity index (χ4v) is 1.57. The first-order valence-electron chi connectivity index (χ1n) is 5.18. The lowest BCUT2D eigenvalue weighted by molar-refractivity contribution is 0.633. The summed E-state index contributed by atoms with van der Waals surface area (Å²) in [5.74, 6) is -0.411. The van der Waals surface area contributed by atoms with Crippen LogP contribution in [0.1, 0.15) is 5.56 Å². The lowest BCUT2D eigenvalue weighted by atomic mass is 10.2. The van der Waals surface area contributed by atoms with Gasteiger partial charge in [-0.25, -0.2) is 4.39 Å². The van der Waals surface area contributed by atoms with Gasteiger partial charge in [0.05, 0.1) is 5.69 Å². The molecule has 0 amide bonds. The quantitative estimate of drug-likeness (QED) is 0.816. The molecule has 88 valence electrons. The van der Waals surface area contributed by atoms with Gasteiger partial charge in [-0.1, -0.05) is 23.7 Å². The van der Waals surface area contributed by atoms with Gasteiger partial charge in [0.15, 0.2) is 0 Å². The highest BCUT2D eigenvalue weighted by Crippen LogP contribution is 2.17. The molecule has 0 aliphatic carbocycles. The first-order valence-corrected chi connectivity index (χ1v) is 5.56. The van der Waals surface area contributed by atoms with Crippen molar-refractivity contribution in [2.75, 3.05) is 11.1 Å². The molecule has 0 spiro atoms. The zero-order chi connectivity index (χ0) is 12.3. The highest BCUT2D eigenvalue weighted by Gasteiger charge is 1.99. The van der Waals surface area contributed by atoms with Crippen molar-refractivity contribution in [2.24, 2.45) is 0 Å². The first kappa shape index (κ1) is 11.7. The summed E-state index contributed by atoms with van der Waals surface area (Å²) in [6, 6.07) is 12.1. The van der Waals surface area contributed by atoms with E-state index in [0.717, 1.165) is 5.56 Å². The maximum absolute atomic E-state index is 13.2. The molecule has 0 radical (unpaired) electrons. The van der Waals surface area contributed by atoms with Gasteiger partial charge >= 0.3 is 0 Å². The Bertz CT molecular complexity index is 511. The number of nitrogens with one attached hydrogen (secondary N) is 1. The summed E-state index contributed by atoms with van der Waals surface area (Å²) in [5, 5.41) is 3.81. The summed E-state index contributed by atoms with van der Waals surface area (Å²) >= 11 is 5.78. The van der Waals surface area contributed by atoms with Crippen molar-refractivity contribution in [3.63, 3.8) is 0 Å². The number of nitrogens with two attached hydrogens (primary N) is 1. The average molecular weight is 251 g/mol. The van der Waals surface area contributed by atoms with E-state index in [1.165, 1.54) is 6.07 Å². The highest BCUT2D eigenvalue weighted by atomic mass is 35.5. The van der Waals surface area contributed by atoms with Crippen LogP contribution in [0.25, 0.3) is 0 Å². The molecule has 0 unspecified atom stereocenters. The molecule has 0 aliphatic heterocycles. The molecular formula is C13H12ClFN2. The molecule has 2 aromatic carbocycles. The van der Waals surface area contributed by atoms with Gasteiger partial charge in [-0.15, -0.1) is 0 Å². The molecule has 0 aromatic heterocycles. The number of hydrogen-bond acceptors (Lipinski definition) is 2. The van der Waals surface area contributed by atoms with Crippen molar-refractivity contribution >= 4 is 23.0 Å². The van der Waals surface area contributed by atoms with Gasteiger partial charge in [0.25, 0.3) is 0 Å². The van der Waals surface area contributed by atoms with Crippen LogP contribution in [-0.2, 0) is 6.54 Å². The van der Waals surface area contributed by atoms with Crippen molar-refractivity contribution < 1.29 is 4.39 Å². The lowest BCUT2D eigenvalue weighted by Crippen LogP contribution is -2.00. The molecule has 2 aromatic rings. The predicted octanol–water partition coefficient (Wildman–Crippen LogP) is 3.67. The Kier molecular flexibility index (Phi) is 3.49. The van der Waals surface area contributed by atoms with Crippen molar-refractivity contribution in [3.8, 4) is 0 Å². The van der Waals surface area contributed by atoms with Crippen LogP contribution in [0.4, 0.5) is 15.8 Å². The summed E-state index contributed by atoms with van der Waals surface area (Å²) in [6.45, 7) is 0.612. The Labute approximate surface area is 104 Å². The van der Waals surface area contributed by atoms with Crippen LogP contribution in [0.5, 0.6) is 0 Å². The SMILES string of the molecule is Nc1ccc(NCc2ccc(Cl)cc2)cc1F. The Morgan fingerprint density at radius 3 is 2.47 bits per heavy atom. The summed E-state index contributed by atoms with van der Waals surface area (Å²) in [4.78, 5) is 0. The van der Waals surface area contributed by atoms with Crippen LogP contribution >= 0.6 is 11.6 Å². The smallest absolute Gasteiger partial charge is 0.148 e. The van der Waals surface area contributed by atoms with E-state index in [1.807, 2.05) is 24.3 Å². The largest absolute Gasteiger partial charge is 0.396 e. The summed E-state index contributed by atoms with van der Waals surface area (Å²) in [7, 11) is 0. The van der Waals surface area contributed by atoms with Crippen LogP contribution in [0.15, 0.2) is 42.5 Å². The molecule has 0 aliphatic rings. The normalized spacial score (nSPS) is 10.2. The predicted molar refractivity (Wildman–Crippen MR) is 69.6 cm³/mol. The van der Waals surface area contributed by atoms with E-state index in [-0.39, 0.29) is 5.69 Å². The van der Waals surface area contributed by atoms with Crippen LogP contribution < -0.4 is 11.1 Å². The second-order valence-electron chi connectivity index (χ2n) is 3.72. The van der Waals surface area contributed by atoms with E-state index in [2.05, 4.69) is 5.32 Å². The van der Waals surface area contributed by atoms with E-state index < -0.39 is 5.82 Å². The summed E-state index contributed by atoms with van der Waals surface area (Å²) in [5.41, 5.74) is 7.33. The van der Waals surface area contributed by atoms with Crippen LogP contribution in [0, 0.1) is 5.82 Å². The molecule has 0 fully saturated rings. The molecule has 0 saturated carbocycles. The standard InChI is InChI=1S/C13H12ClFN2/c14-10-3-1-9(2-4-10)8-17-11-5-6-13(16)12(15)7-11/h1-7,17H,8,16H2. The van der Waals surface area contributed by atoms with Gasteiger partial charge in [-0.05, 0) is 35.9 Å². The van der Waals surface area contributed by atoms with E-state index in [1.54, 1.807) is 12.1 Å². The number of rotatable bonds is 3. The number of anilines is 2. The molecule has 2 rings (SSSR count). The molecule has 0 heterocycles. The van der Waals surface area contributed by atoms with E-state index in [4.69, 9.17) is 17.3 Å². The lowest BCUT2D eigenvalue weighted by Gasteiger charge is -2.07. The maximum atomic E-state index is 13.2. The number of nitrogen functional groups attached to an aromatic ring is 1. The minimum absolute atomic E-state index is 0.155. The third-order valence-electron chi connectivity index (χ3n) is 2.41. The molecule has 0 bridgehead atoms. The Morgan fingerprint density at radius 2 is 1.82 bits per heavy atom. The molecular weight excluding hydrogens is 239 g/mol. The minimum atomic E-state index is -0.411. The molecule has 17 heavy (non-hydrogen) atoms. The van der Waals surface area contributed by atoms with Crippen LogP contribution in [0.2, 0.25) is 5.02 Å². The third-order valence-corrected chi connectivity index (χ3v) is 2.66. The number of benzene rings is 2. The highest BCUT2D eigenvalue weighted by molar-refractivity contribution is 6.30. The topological polar surface area (TPSA) is 38.0 Å². The maximum Gasteiger partial charge on any atom is 0.148 e. The van der Waals surface area contributed by atoms with E-state index in [9.17, 15) is 4.39 Å². The fourth-order valence-electron chi connectivity index (χ4n) is 1.44. The monoisotopic (exact) mass is 250 g/mol. The van der Waals surface area contributed by atoms with Crippen LogP contribution in [-0.4, -0.2) is 0 Å². The zero-order valence-electron chi connectivity index (χ0n) is 9.08. The van der Waals surface area contributed by atoms with Gasteiger partial charge in [0.2, 0.25) is 0 Å². The van der Waals surface area contributed by atoms with Crippen LogP contribution in [0.3, 0.4) is 0 Å². The Morgan fingerprint density at radius 1 is 1.12 bits per heavy atom. The van der Waals surface area contributed by atoms with Gasteiger partial charge in [0.1, 0.15) is 5.82 Å². The van der Waals surface area contributed by atoms with Crippen molar-refractivity contribution in [1.82, 2.24) is 0 Å². The fraction of sp³-hybridized carbons (Fsp3) is 0.0769. The third kappa shape index (κ3) is 3.11. The summed E-state index contributed by atoms with van der Waals surface area (Å²) in [6.07, 6.45) is 0.